The minimum absolute atomic E-state index is 0.0321. The molecule has 0 radical (unpaired) electrons. The molecule has 3 aromatic rings. The third-order valence-electron chi connectivity index (χ3n) is 6.71. The molecular weight excluding hydrogens is 495 g/mol. The number of anilines is 1. The minimum Gasteiger partial charge on any atom is -0.326 e. The van der Waals surface area contributed by atoms with Gasteiger partial charge in [-0.3, -0.25) is 9.69 Å². The maximum Gasteiger partial charge on any atom is 0.417 e. The smallest absolute Gasteiger partial charge is 0.326 e. The van der Waals surface area contributed by atoms with Gasteiger partial charge in [-0.15, -0.1) is 0 Å². The Hall–Kier alpha value is -2.84. The van der Waals surface area contributed by atoms with E-state index in [4.69, 9.17) is 0 Å². The predicted octanol–water partition coefficient (Wildman–Crippen LogP) is 7.53. The molecule has 0 spiro atoms. The number of alkyl halides is 3. The lowest BCUT2D eigenvalue weighted by Gasteiger charge is -2.33. The first-order chi connectivity index (χ1) is 17.6. The van der Waals surface area contributed by atoms with Crippen molar-refractivity contribution in [2.75, 3.05) is 18.4 Å². The molecule has 1 saturated heterocycles. The second-order valence-electron chi connectivity index (χ2n) is 9.89. The van der Waals surface area contributed by atoms with Gasteiger partial charge in [-0.05, 0) is 91.9 Å². The number of pyridine rings is 1. The molecule has 2 heterocycles. The number of piperidine rings is 1. The average molecular weight is 528 g/mol. The number of aryl methyl sites for hydroxylation is 1. The van der Waals surface area contributed by atoms with Gasteiger partial charge >= 0.3 is 6.18 Å². The molecule has 0 unspecified atom stereocenters. The quantitative estimate of drug-likeness (QED) is 0.345. The summed E-state index contributed by atoms with van der Waals surface area (Å²) in [7, 11) is 0. The van der Waals surface area contributed by atoms with Gasteiger partial charge in [0, 0.05) is 29.2 Å². The van der Waals surface area contributed by atoms with Gasteiger partial charge in [0.2, 0.25) is 5.91 Å². The van der Waals surface area contributed by atoms with E-state index in [9.17, 15) is 18.0 Å². The molecular formula is C29H32F3N3OS. The fourth-order valence-corrected chi connectivity index (χ4v) is 5.25. The number of hydrogen-bond acceptors (Lipinski definition) is 4. The highest BCUT2D eigenvalue weighted by atomic mass is 32.2. The van der Waals surface area contributed by atoms with Crippen molar-refractivity contribution in [3.63, 3.8) is 0 Å². The van der Waals surface area contributed by atoms with Crippen LogP contribution in [0.3, 0.4) is 0 Å². The third-order valence-corrected chi connectivity index (χ3v) is 7.67. The van der Waals surface area contributed by atoms with Gasteiger partial charge in [-0.25, -0.2) is 4.98 Å². The van der Waals surface area contributed by atoms with Crippen molar-refractivity contribution in [2.45, 2.75) is 62.2 Å². The number of hydrogen-bond donors (Lipinski definition) is 1. The van der Waals surface area contributed by atoms with Gasteiger partial charge in [0.15, 0.2) is 0 Å². The van der Waals surface area contributed by atoms with Crippen LogP contribution in [0.4, 0.5) is 18.9 Å². The summed E-state index contributed by atoms with van der Waals surface area (Å²) in [6.45, 7) is 8.78. The van der Waals surface area contributed by atoms with Crippen LogP contribution in [0.2, 0.25) is 0 Å². The van der Waals surface area contributed by atoms with Crippen molar-refractivity contribution >= 4 is 23.4 Å². The lowest BCUT2D eigenvalue weighted by atomic mass is 9.86. The number of rotatable bonds is 7. The first-order valence-corrected chi connectivity index (χ1v) is 13.3. The highest BCUT2D eigenvalue weighted by molar-refractivity contribution is 7.99. The van der Waals surface area contributed by atoms with Crippen molar-refractivity contribution in [2.24, 2.45) is 5.92 Å². The summed E-state index contributed by atoms with van der Waals surface area (Å²) < 4.78 is 38.2. The first-order valence-electron chi connectivity index (χ1n) is 12.5. The maximum absolute atomic E-state index is 12.7. The van der Waals surface area contributed by atoms with Crippen LogP contribution in [0.25, 0.3) is 0 Å². The van der Waals surface area contributed by atoms with Crippen LogP contribution in [0.5, 0.6) is 0 Å². The summed E-state index contributed by atoms with van der Waals surface area (Å²) in [6, 6.07) is 16.8. The summed E-state index contributed by atoms with van der Waals surface area (Å²) >= 11 is 1.35. The molecule has 0 bridgehead atoms. The van der Waals surface area contributed by atoms with Gasteiger partial charge in [-0.2, -0.15) is 13.2 Å². The summed E-state index contributed by atoms with van der Waals surface area (Å²) in [5.74, 6) is 0.453. The average Bonchev–Trinajstić information content (AvgIpc) is 2.86. The van der Waals surface area contributed by atoms with Crippen LogP contribution in [0, 0.1) is 12.8 Å². The van der Waals surface area contributed by atoms with Crippen LogP contribution in [0.1, 0.15) is 54.9 Å². The van der Waals surface area contributed by atoms with Gasteiger partial charge in [0.25, 0.3) is 0 Å². The topological polar surface area (TPSA) is 45.2 Å². The number of likely N-dealkylation sites (tertiary alicyclic amines) is 1. The van der Waals surface area contributed by atoms with Gasteiger partial charge in [0.05, 0.1) is 5.56 Å². The van der Waals surface area contributed by atoms with E-state index < -0.39 is 11.7 Å². The molecule has 4 rings (SSSR count). The monoisotopic (exact) mass is 527 g/mol. The van der Waals surface area contributed by atoms with Crippen LogP contribution < -0.4 is 5.32 Å². The molecule has 196 valence electrons. The molecule has 8 heteroatoms. The SMILES string of the molecule is Cc1ccc(NC(=O)C(C)C)cc1C1CCN(Cc2ccc(Sc3ccc(C(F)(F)F)cn3)cc2)CC1. The number of benzene rings is 2. The summed E-state index contributed by atoms with van der Waals surface area (Å²) in [5.41, 5.74) is 3.91. The number of carbonyl (C=O) groups excluding carboxylic acids is 1. The Balaban J connectivity index is 1.30. The molecule has 37 heavy (non-hydrogen) atoms. The van der Waals surface area contributed by atoms with E-state index in [-0.39, 0.29) is 11.8 Å². The molecule has 1 N–H and O–H groups in total. The Morgan fingerprint density at radius 1 is 1.08 bits per heavy atom. The molecule has 1 amide bonds. The number of halogens is 3. The molecule has 1 fully saturated rings. The minimum atomic E-state index is -4.37. The maximum atomic E-state index is 12.7. The highest BCUT2D eigenvalue weighted by Gasteiger charge is 2.30. The van der Waals surface area contributed by atoms with E-state index in [1.165, 1.54) is 34.5 Å². The molecule has 1 aliphatic heterocycles. The fraction of sp³-hybridized carbons (Fsp3) is 0.379. The first kappa shape index (κ1) is 27.2. The zero-order valence-corrected chi connectivity index (χ0v) is 22.1. The molecule has 0 atom stereocenters. The summed E-state index contributed by atoms with van der Waals surface area (Å²) in [6.07, 6.45) is -1.37. The van der Waals surface area contributed by atoms with E-state index >= 15 is 0 Å². The fourth-order valence-electron chi connectivity index (χ4n) is 4.50. The van der Waals surface area contributed by atoms with Crippen molar-refractivity contribution in [3.05, 3.63) is 83.0 Å². The van der Waals surface area contributed by atoms with E-state index in [0.717, 1.165) is 55.3 Å². The normalized spacial score (nSPS) is 15.2. The Morgan fingerprint density at radius 3 is 2.38 bits per heavy atom. The van der Waals surface area contributed by atoms with Gasteiger partial charge in [-0.1, -0.05) is 43.8 Å². The van der Waals surface area contributed by atoms with Crippen LogP contribution in [-0.2, 0) is 17.5 Å². The third kappa shape index (κ3) is 7.36. The van der Waals surface area contributed by atoms with Gasteiger partial charge in [0.1, 0.15) is 5.03 Å². The molecule has 4 nitrogen and oxygen atoms in total. The summed E-state index contributed by atoms with van der Waals surface area (Å²) in [4.78, 5) is 19.4. The lowest BCUT2D eigenvalue weighted by molar-refractivity contribution is -0.137. The number of amides is 1. The van der Waals surface area contributed by atoms with Crippen molar-refractivity contribution in [1.29, 1.82) is 0 Å². The highest BCUT2D eigenvalue weighted by Crippen LogP contribution is 2.34. The van der Waals surface area contributed by atoms with E-state index in [1.807, 2.05) is 32.0 Å². The predicted molar refractivity (Wildman–Crippen MR) is 142 cm³/mol. The van der Waals surface area contributed by atoms with Crippen molar-refractivity contribution in [3.8, 4) is 0 Å². The Morgan fingerprint density at radius 2 is 1.78 bits per heavy atom. The van der Waals surface area contributed by atoms with Crippen molar-refractivity contribution in [1.82, 2.24) is 9.88 Å². The Kier molecular flexibility index (Phi) is 8.60. The number of carbonyl (C=O) groups is 1. The zero-order valence-electron chi connectivity index (χ0n) is 21.3. The lowest BCUT2D eigenvalue weighted by Crippen LogP contribution is -2.32. The number of aromatic nitrogens is 1. The number of nitrogens with one attached hydrogen (secondary N) is 1. The van der Waals surface area contributed by atoms with Crippen LogP contribution >= 0.6 is 11.8 Å². The van der Waals surface area contributed by atoms with E-state index in [2.05, 4.69) is 46.4 Å². The second kappa shape index (κ2) is 11.7. The molecule has 1 aliphatic rings. The molecule has 2 aromatic carbocycles. The number of nitrogens with zero attached hydrogens (tertiary/aromatic N) is 2. The van der Waals surface area contributed by atoms with Crippen LogP contribution in [-0.4, -0.2) is 28.9 Å². The van der Waals surface area contributed by atoms with Crippen LogP contribution in [0.15, 0.2) is 70.7 Å². The Bertz CT molecular complexity index is 1200. The second-order valence-corrected chi connectivity index (χ2v) is 11.0. The molecule has 1 aromatic heterocycles. The zero-order chi connectivity index (χ0) is 26.6. The standard InChI is InChI=1S/C29H32F3N3OS/c1-19(2)28(36)34-24-8-4-20(3)26(16-24)22-12-14-35(15-13-22)18-21-5-9-25(10-6-21)37-27-11-7-23(17-33-27)29(30,31)32/h4-11,16-17,19,22H,12-15,18H2,1-3H3,(H,34,36). The van der Waals surface area contributed by atoms with E-state index in [1.54, 1.807) is 0 Å². The van der Waals surface area contributed by atoms with E-state index in [0.29, 0.717) is 10.9 Å². The summed E-state index contributed by atoms with van der Waals surface area (Å²) in [5, 5.41) is 3.55. The largest absolute Gasteiger partial charge is 0.417 e. The van der Waals surface area contributed by atoms with Crippen molar-refractivity contribution < 1.29 is 18.0 Å². The Labute approximate surface area is 220 Å². The van der Waals surface area contributed by atoms with Gasteiger partial charge < -0.3 is 5.32 Å². The molecule has 0 aliphatic carbocycles. The molecule has 0 saturated carbocycles.